The standard InChI is InChI=1S/C19H27NO2S/c1-11-12(2)17-15(19(7-6-8-19)9-10-23-17)13(3)14(11)16(18(21)22)20(4)5/h16H,6-10H2,1-5H3,(H,21,22). The van der Waals surface area contributed by atoms with E-state index in [1.807, 2.05) is 30.8 Å². The van der Waals surface area contributed by atoms with Crippen LogP contribution in [0.2, 0.25) is 0 Å². The van der Waals surface area contributed by atoms with E-state index in [2.05, 4.69) is 20.8 Å². The number of carbonyl (C=O) groups is 1. The summed E-state index contributed by atoms with van der Waals surface area (Å²) in [5.41, 5.74) is 6.51. The zero-order valence-electron chi connectivity index (χ0n) is 14.8. The molecule has 126 valence electrons. The van der Waals surface area contributed by atoms with Crippen LogP contribution < -0.4 is 0 Å². The minimum atomic E-state index is -0.758. The summed E-state index contributed by atoms with van der Waals surface area (Å²) in [7, 11) is 3.72. The molecule has 1 aromatic rings. The van der Waals surface area contributed by atoms with Crippen LogP contribution in [0.4, 0.5) is 0 Å². The van der Waals surface area contributed by atoms with Gasteiger partial charge in [-0.1, -0.05) is 6.42 Å². The molecule has 0 bridgehead atoms. The first-order valence-electron chi connectivity index (χ1n) is 8.46. The zero-order valence-corrected chi connectivity index (χ0v) is 15.6. The number of nitrogens with zero attached hydrogens (tertiary/aromatic N) is 1. The quantitative estimate of drug-likeness (QED) is 0.899. The Morgan fingerprint density at radius 3 is 2.26 bits per heavy atom. The minimum Gasteiger partial charge on any atom is -0.480 e. The number of likely N-dealkylation sites (N-methyl/N-ethyl adjacent to an activating group) is 1. The zero-order chi connectivity index (χ0) is 16.9. The smallest absolute Gasteiger partial charge is 0.325 e. The third-order valence-corrected chi connectivity index (χ3v) is 7.21. The number of benzene rings is 1. The molecule has 1 heterocycles. The number of thioether (sulfide) groups is 1. The summed E-state index contributed by atoms with van der Waals surface area (Å²) in [5.74, 6) is 0.439. The van der Waals surface area contributed by atoms with Gasteiger partial charge in [-0.2, -0.15) is 0 Å². The van der Waals surface area contributed by atoms with Crippen molar-refractivity contribution in [2.24, 2.45) is 0 Å². The number of hydrogen-bond acceptors (Lipinski definition) is 3. The van der Waals surface area contributed by atoms with Gasteiger partial charge in [0.05, 0.1) is 0 Å². The molecule has 0 radical (unpaired) electrons. The van der Waals surface area contributed by atoms with Crippen molar-refractivity contribution in [2.75, 3.05) is 19.8 Å². The Balaban J connectivity index is 2.28. The van der Waals surface area contributed by atoms with Crippen molar-refractivity contribution in [3.8, 4) is 0 Å². The van der Waals surface area contributed by atoms with E-state index in [1.165, 1.54) is 53.0 Å². The maximum absolute atomic E-state index is 11.9. The molecule has 1 aliphatic carbocycles. The third kappa shape index (κ3) is 2.42. The largest absolute Gasteiger partial charge is 0.480 e. The van der Waals surface area contributed by atoms with Gasteiger partial charge in [0.15, 0.2) is 0 Å². The summed E-state index contributed by atoms with van der Waals surface area (Å²) >= 11 is 1.97. The highest BCUT2D eigenvalue weighted by molar-refractivity contribution is 7.99. The number of carboxylic acids is 1. The fourth-order valence-electron chi connectivity index (χ4n) is 4.55. The molecule has 1 aliphatic heterocycles. The fraction of sp³-hybridized carbons (Fsp3) is 0.632. The predicted octanol–water partition coefficient (Wildman–Crippen LogP) is 4.22. The first-order valence-corrected chi connectivity index (χ1v) is 9.45. The molecule has 1 saturated carbocycles. The Morgan fingerprint density at radius 2 is 1.78 bits per heavy atom. The number of rotatable bonds is 3. The van der Waals surface area contributed by atoms with Crippen molar-refractivity contribution in [3.05, 3.63) is 27.8 Å². The molecule has 4 heteroatoms. The maximum Gasteiger partial charge on any atom is 0.325 e. The molecule has 1 atom stereocenters. The van der Waals surface area contributed by atoms with Gasteiger partial charge >= 0.3 is 5.97 Å². The van der Waals surface area contributed by atoms with Gasteiger partial charge in [0.2, 0.25) is 0 Å². The molecule has 1 aromatic carbocycles. The van der Waals surface area contributed by atoms with Crippen molar-refractivity contribution >= 4 is 17.7 Å². The van der Waals surface area contributed by atoms with Crippen molar-refractivity contribution < 1.29 is 9.90 Å². The van der Waals surface area contributed by atoms with Crippen LogP contribution in [0.3, 0.4) is 0 Å². The van der Waals surface area contributed by atoms with Gasteiger partial charge < -0.3 is 5.11 Å². The van der Waals surface area contributed by atoms with E-state index >= 15 is 0 Å². The summed E-state index contributed by atoms with van der Waals surface area (Å²) in [6, 6.07) is -0.567. The lowest BCUT2D eigenvalue weighted by molar-refractivity contribution is -0.142. The van der Waals surface area contributed by atoms with E-state index < -0.39 is 12.0 Å². The lowest BCUT2D eigenvalue weighted by Crippen LogP contribution is -2.39. The van der Waals surface area contributed by atoms with Crippen molar-refractivity contribution in [3.63, 3.8) is 0 Å². The molecule has 0 amide bonds. The van der Waals surface area contributed by atoms with Gasteiger partial charge in [0, 0.05) is 4.90 Å². The van der Waals surface area contributed by atoms with E-state index in [9.17, 15) is 9.90 Å². The monoisotopic (exact) mass is 333 g/mol. The van der Waals surface area contributed by atoms with Crippen molar-refractivity contribution in [2.45, 2.75) is 62.8 Å². The second kappa shape index (κ2) is 5.82. The molecule has 3 rings (SSSR count). The van der Waals surface area contributed by atoms with Gasteiger partial charge in [0.25, 0.3) is 0 Å². The summed E-state index contributed by atoms with van der Waals surface area (Å²) in [6.07, 6.45) is 5.08. The van der Waals surface area contributed by atoms with Gasteiger partial charge in [0.1, 0.15) is 6.04 Å². The van der Waals surface area contributed by atoms with E-state index in [0.717, 1.165) is 11.1 Å². The minimum absolute atomic E-state index is 0.327. The van der Waals surface area contributed by atoms with Crippen LogP contribution in [0.1, 0.15) is 59.5 Å². The van der Waals surface area contributed by atoms with Crippen LogP contribution in [-0.2, 0) is 10.2 Å². The topological polar surface area (TPSA) is 40.5 Å². The normalized spacial score (nSPS) is 20.3. The Labute approximate surface area is 143 Å². The first-order chi connectivity index (χ1) is 10.8. The first kappa shape index (κ1) is 16.8. The second-order valence-electron chi connectivity index (χ2n) is 7.43. The molecule has 2 aliphatic rings. The second-order valence-corrected chi connectivity index (χ2v) is 8.53. The molecule has 3 nitrogen and oxygen atoms in total. The van der Waals surface area contributed by atoms with Gasteiger partial charge in [-0.05, 0) is 93.1 Å². The summed E-state index contributed by atoms with van der Waals surface area (Å²) < 4.78 is 0. The number of fused-ring (bicyclic) bond motifs is 2. The van der Waals surface area contributed by atoms with Crippen LogP contribution in [0.15, 0.2) is 4.90 Å². The molecular formula is C19H27NO2S. The summed E-state index contributed by atoms with van der Waals surface area (Å²) in [4.78, 5) is 15.2. The van der Waals surface area contributed by atoms with Gasteiger partial charge in [-0.25, -0.2) is 0 Å². The van der Waals surface area contributed by atoms with Gasteiger partial charge in [-0.15, -0.1) is 11.8 Å². The van der Waals surface area contributed by atoms with Gasteiger partial charge in [-0.3, -0.25) is 9.69 Å². The third-order valence-electron chi connectivity index (χ3n) is 6.00. The highest BCUT2D eigenvalue weighted by atomic mass is 32.2. The van der Waals surface area contributed by atoms with Crippen LogP contribution in [0.5, 0.6) is 0 Å². The van der Waals surface area contributed by atoms with Crippen LogP contribution >= 0.6 is 11.8 Å². The van der Waals surface area contributed by atoms with Crippen molar-refractivity contribution in [1.82, 2.24) is 4.90 Å². The number of aliphatic carboxylic acids is 1. The number of carboxylic acid groups (broad SMARTS) is 1. The highest BCUT2D eigenvalue weighted by Crippen LogP contribution is 2.56. The van der Waals surface area contributed by atoms with Crippen LogP contribution in [0, 0.1) is 20.8 Å². The predicted molar refractivity (Wildman–Crippen MR) is 95.6 cm³/mol. The van der Waals surface area contributed by atoms with Crippen molar-refractivity contribution in [1.29, 1.82) is 0 Å². The lowest BCUT2D eigenvalue weighted by Gasteiger charge is -2.48. The lowest BCUT2D eigenvalue weighted by atomic mass is 9.60. The average molecular weight is 333 g/mol. The van der Waals surface area contributed by atoms with E-state index in [-0.39, 0.29) is 0 Å². The summed E-state index contributed by atoms with van der Waals surface area (Å²) in [6.45, 7) is 6.43. The average Bonchev–Trinajstić information content (AvgIpc) is 2.45. The van der Waals surface area contributed by atoms with E-state index in [1.54, 1.807) is 0 Å². The summed E-state index contributed by atoms with van der Waals surface area (Å²) in [5, 5.41) is 9.80. The Kier molecular flexibility index (Phi) is 4.26. The SMILES string of the molecule is Cc1c(C)c(C(C(=O)O)N(C)C)c(C)c2c1SCCC21CCC1. The maximum atomic E-state index is 11.9. The fourth-order valence-corrected chi connectivity index (χ4v) is 6.14. The molecule has 1 N–H and O–H groups in total. The molecule has 1 unspecified atom stereocenters. The van der Waals surface area contributed by atoms with E-state index in [4.69, 9.17) is 0 Å². The Morgan fingerprint density at radius 1 is 1.13 bits per heavy atom. The molecule has 0 saturated heterocycles. The molecule has 1 fully saturated rings. The van der Waals surface area contributed by atoms with E-state index in [0.29, 0.717) is 5.41 Å². The molecule has 1 spiro atoms. The van der Waals surface area contributed by atoms with Crippen LogP contribution in [0.25, 0.3) is 0 Å². The molecule has 0 aromatic heterocycles. The molecular weight excluding hydrogens is 306 g/mol. The number of hydrogen-bond donors (Lipinski definition) is 1. The Hall–Kier alpha value is -1.000. The molecule has 23 heavy (non-hydrogen) atoms. The van der Waals surface area contributed by atoms with Crippen LogP contribution in [-0.4, -0.2) is 35.8 Å². The highest BCUT2D eigenvalue weighted by Gasteiger charge is 2.45. The Bertz CT molecular complexity index is 662.